The summed E-state index contributed by atoms with van der Waals surface area (Å²) in [5, 5.41) is 5.31. The Kier molecular flexibility index (Phi) is 4.23. The van der Waals surface area contributed by atoms with Crippen molar-refractivity contribution in [1.82, 2.24) is 10.3 Å². The highest BCUT2D eigenvalue weighted by molar-refractivity contribution is 6.05. The predicted molar refractivity (Wildman–Crippen MR) is 79.0 cm³/mol. The highest BCUT2D eigenvalue weighted by Gasteiger charge is 2.37. The van der Waals surface area contributed by atoms with Crippen LogP contribution in [0.3, 0.4) is 0 Å². The van der Waals surface area contributed by atoms with Crippen LogP contribution in [0.4, 0.5) is 23.2 Å². The molecule has 1 aliphatic rings. The van der Waals surface area contributed by atoms with Gasteiger partial charge in [0.2, 0.25) is 0 Å². The molecule has 0 saturated carbocycles. The van der Waals surface area contributed by atoms with E-state index in [0.717, 1.165) is 17.8 Å². The third-order valence-electron chi connectivity index (χ3n) is 3.78. The van der Waals surface area contributed by atoms with Gasteiger partial charge in [0.25, 0.3) is 5.91 Å². The predicted octanol–water partition coefficient (Wildman–Crippen LogP) is 3.14. The van der Waals surface area contributed by atoms with Crippen molar-refractivity contribution in [2.75, 3.05) is 11.9 Å². The summed E-state index contributed by atoms with van der Waals surface area (Å²) in [6.07, 6.45) is -3.37. The topological polar surface area (TPSA) is 54.0 Å². The van der Waals surface area contributed by atoms with Crippen LogP contribution >= 0.6 is 0 Å². The Labute approximate surface area is 134 Å². The molecule has 8 heteroatoms. The number of hydrogen-bond acceptors (Lipinski definition) is 3. The molecule has 2 N–H and O–H groups in total. The number of amides is 1. The first-order chi connectivity index (χ1) is 11.4. The van der Waals surface area contributed by atoms with E-state index in [1.54, 1.807) is 6.07 Å². The van der Waals surface area contributed by atoms with Crippen molar-refractivity contribution in [3.8, 4) is 0 Å². The largest absolute Gasteiger partial charge is 0.434 e. The maximum atomic E-state index is 14.5. The van der Waals surface area contributed by atoms with Crippen LogP contribution < -0.4 is 10.6 Å². The fourth-order valence-electron chi connectivity index (χ4n) is 2.63. The van der Waals surface area contributed by atoms with Gasteiger partial charge in [-0.1, -0.05) is 6.07 Å². The summed E-state index contributed by atoms with van der Waals surface area (Å²) in [6.45, 7) is 1.11. The van der Waals surface area contributed by atoms with Crippen LogP contribution in [0.15, 0.2) is 30.5 Å². The van der Waals surface area contributed by atoms with E-state index in [2.05, 4.69) is 15.6 Å². The second-order valence-corrected chi connectivity index (χ2v) is 5.34. The number of hydrogen-bond donors (Lipinski definition) is 2. The van der Waals surface area contributed by atoms with E-state index in [0.29, 0.717) is 25.1 Å². The first kappa shape index (κ1) is 16.4. The molecule has 126 valence electrons. The van der Waals surface area contributed by atoms with Crippen molar-refractivity contribution >= 4 is 11.6 Å². The fourth-order valence-corrected chi connectivity index (χ4v) is 2.63. The van der Waals surface area contributed by atoms with Gasteiger partial charge in [-0.15, -0.1) is 0 Å². The molecule has 0 saturated heterocycles. The van der Waals surface area contributed by atoms with Crippen molar-refractivity contribution in [2.45, 2.75) is 19.1 Å². The van der Waals surface area contributed by atoms with E-state index < -0.39 is 29.2 Å². The van der Waals surface area contributed by atoms with E-state index in [-0.39, 0.29) is 5.69 Å². The van der Waals surface area contributed by atoms with Gasteiger partial charge in [-0.3, -0.25) is 9.78 Å². The van der Waals surface area contributed by atoms with Gasteiger partial charge >= 0.3 is 6.18 Å². The number of alkyl halides is 3. The summed E-state index contributed by atoms with van der Waals surface area (Å²) in [5.41, 5.74) is -0.852. The quantitative estimate of drug-likeness (QED) is 0.827. The van der Waals surface area contributed by atoms with Crippen molar-refractivity contribution in [1.29, 1.82) is 0 Å². The van der Waals surface area contributed by atoms with Crippen LogP contribution in [-0.4, -0.2) is 17.4 Å². The highest BCUT2D eigenvalue weighted by Crippen LogP contribution is 2.31. The maximum absolute atomic E-state index is 14.5. The SMILES string of the molecule is O=C(Nc1ccc2c(c1F)CCNC2)c1cccnc1C(F)(F)F. The number of rotatable bonds is 2. The average molecular weight is 339 g/mol. The molecule has 24 heavy (non-hydrogen) atoms. The number of pyridine rings is 1. The van der Waals surface area contributed by atoms with Gasteiger partial charge in [0.05, 0.1) is 11.3 Å². The van der Waals surface area contributed by atoms with Crippen molar-refractivity contribution < 1.29 is 22.4 Å². The van der Waals surface area contributed by atoms with E-state index in [9.17, 15) is 22.4 Å². The van der Waals surface area contributed by atoms with Gasteiger partial charge in [0.1, 0.15) is 5.82 Å². The molecule has 0 bridgehead atoms. The lowest BCUT2D eigenvalue weighted by Crippen LogP contribution is -2.25. The minimum absolute atomic E-state index is 0.141. The molecule has 1 aromatic heterocycles. The molecule has 2 heterocycles. The monoisotopic (exact) mass is 339 g/mol. The smallest absolute Gasteiger partial charge is 0.319 e. The van der Waals surface area contributed by atoms with E-state index in [4.69, 9.17) is 0 Å². The molecule has 3 rings (SSSR count). The maximum Gasteiger partial charge on any atom is 0.434 e. The number of halogens is 4. The summed E-state index contributed by atoms with van der Waals surface area (Å²) in [5.74, 6) is -1.66. The molecule has 0 fully saturated rings. The van der Waals surface area contributed by atoms with Gasteiger partial charge in [-0.2, -0.15) is 13.2 Å². The standard InChI is InChI=1S/C16H13F4N3O/c17-13-10-5-7-21-8-9(10)3-4-12(13)23-15(24)11-2-1-6-22-14(11)16(18,19)20/h1-4,6,21H,5,7-8H2,(H,23,24). The average Bonchev–Trinajstić information content (AvgIpc) is 2.57. The van der Waals surface area contributed by atoms with Crippen LogP contribution in [0, 0.1) is 5.82 Å². The molecule has 0 radical (unpaired) electrons. The number of nitrogens with zero attached hydrogens (tertiary/aromatic N) is 1. The molecule has 1 aromatic carbocycles. The number of nitrogens with one attached hydrogen (secondary N) is 2. The van der Waals surface area contributed by atoms with Gasteiger partial charge in [0, 0.05) is 12.7 Å². The summed E-state index contributed by atoms with van der Waals surface area (Å²) in [4.78, 5) is 15.4. The number of anilines is 1. The Morgan fingerprint density at radius 3 is 2.79 bits per heavy atom. The normalized spacial score (nSPS) is 14.2. The van der Waals surface area contributed by atoms with Crippen molar-refractivity contribution in [2.24, 2.45) is 0 Å². The summed E-state index contributed by atoms with van der Waals surface area (Å²) in [7, 11) is 0. The molecular weight excluding hydrogens is 326 g/mol. The van der Waals surface area contributed by atoms with Gasteiger partial charge in [0.15, 0.2) is 5.69 Å². The molecule has 1 amide bonds. The molecule has 0 aliphatic carbocycles. The molecule has 2 aromatic rings. The molecule has 0 spiro atoms. The number of benzene rings is 1. The minimum atomic E-state index is -4.77. The van der Waals surface area contributed by atoms with Crippen LogP contribution in [0.2, 0.25) is 0 Å². The molecular formula is C16H13F4N3O. The summed E-state index contributed by atoms with van der Waals surface area (Å²) >= 11 is 0. The van der Waals surface area contributed by atoms with Crippen LogP contribution in [0.5, 0.6) is 0 Å². The molecule has 4 nitrogen and oxygen atoms in total. The Bertz CT molecular complexity index is 789. The van der Waals surface area contributed by atoms with Gasteiger partial charge < -0.3 is 10.6 Å². The van der Waals surface area contributed by atoms with E-state index >= 15 is 0 Å². The first-order valence-corrected chi connectivity index (χ1v) is 7.22. The zero-order valence-corrected chi connectivity index (χ0v) is 12.4. The van der Waals surface area contributed by atoms with Crippen LogP contribution in [0.1, 0.15) is 27.2 Å². The van der Waals surface area contributed by atoms with E-state index in [1.165, 1.54) is 12.1 Å². The number of carbonyl (C=O) groups is 1. The number of carbonyl (C=O) groups excluding carboxylic acids is 1. The van der Waals surface area contributed by atoms with E-state index in [1.807, 2.05) is 0 Å². The van der Waals surface area contributed by atoms with Crippen LogP contribution in [0.25, 0.3) is 0 Å². The van der Waals surface area contributed by atoms with Gasteiger partial charge in [-0.25, -0.2) is 4.39 Å². The second-order valence-electron chi connectivity index (χ2n) is 5.34. The molecule has 0 atom stereocenters. The lowest BCUT2D eigenvalue weighted by atomic mass is 9.99. The zero-order valence-electron chi connectivity index (χ0n) is 12.4. The Balaban J connectivity index is 1.92. The number of fused-ring (bicyclic) bond motifs is 1. The Hall–Kier alpha value is -2.48. The molecule has 0 unspecified atom stereocenters. The lowest BCUT2D eigenvalue weighted by Gasteiger charge is -2.19. The first-order valence-electron chi connectivity index (χ1n) is 7.22. The highest BCUT2D eigenvalue weighted by atomic mass is 19.4. The third kappa shape index (κ3) is 3.09. The number of aromatic nitrogens is 1. The van der Waals surface area contributed by atoms with Crippen molar-refractivity contribution in [3.05, 3.63) is 58.7 Å². The molecule has 1 aliphatic heterocycles. The van der Waals surface area contributed by atoms with Gasteiger partial charge in [-0.05, 0) is 42.3 Å². The third-order valence-corrected chi connectivity index (χ3v) is 3.78. The Morgan fingerprint density at radius 2 is 2.04 bits per heavy atom. The summed E-state index contributed by atoms with van der Waals surface area (Å²) < 4.78 is 53.3. The lowest BCUT2D eigenvalue weighted by molar-refractivity contribution is -0.141. The van der Waals surface area contributed by atoms with Crippen molar-refractivity contribution in [3.63, 3.8) is 0 Å². The summed E-state index contributed by atoms with van der Waals surface area (Å²) in [6, 6.07) is 5.22. The van der Waals surface area contributed by atoms with Crippen LogP contribution in [-0.2, 0) is 19.1 Å². The minimum Gasteiger partial charge on any atom is -0.319 e. The Morgan fingerprint density at radius 1 is 1.25 bits per heavy atom. The fraction of sp³-hybridized carbons (Fsp3) is 0.250. The zero-order chi connectivity index (χ0) is 17.3. The second kappa shape index (κ2) is 6.20.